The topological polar surface area (TPSA) is 59.1 Å². The van der Waals surface area contributed by atoms with E-state index >= 15 is 0 Å². The molecule has 2 atom stereocenters. The second kappa shape index (κ2) is 7.53. The maximum Gasteiger partial charge on any atom is 0.147 e. The number of aromatic nitrogens is 2. The third-order valence-electron chi connectivity index (χ3n) is 5.59. The van der Waals surface area contributed by atoms with Crippen LogP contribution in [0.15, 0.2) is 17.5 Å². The average Bonchev–Trinajstić information content (AvgIpc) is 3.19. The zero-order valence-electron chi connectivity index (χ0n) is 15.8. The van der Waals surface area contributed by atoms with Gasteiger partial charge in [-0.15, -0.1) is 11.3 Å². The number of nitrogens with zero attached hydrogens (tertiary/aromatic N) is 2. The van der Waals surface area contributed by atoms with Crippen molar-refractivity contribution in [1.29, 1.82) is 0 Å². The summed E-state index contributed by atoms with van der Waals surface area (Å²) in [4.78, 5) is 9.15. The van der Waals surface area contributed by atoms with Gasteiger partial charge in [0, 0.05) is 28.5 Å². The van der Waals surface area contributed by atoms with E-state index in [1.807, 2.05) is 0 Å². The highest BCUT2D eigenvalue weighted by atomic mass is 32.1. The lowest BCUT2D eigenvalue weighted by Crippen LogP contribution is -2.30. The fraction of sp³-hybridized carbons (Fsp3) is 0.600. The van der Waals surface area contributed by atoms with E-state index in [4.69, 9.17) is 4.74 Å². The van der Waals surface area contributed by atoms with Crippen molar-refractivity contribution in [3.05, 3.63) is 23.0 Å². The quantitative estimate of drug-likeness (QED) is 0.820. The molecule has 0 saturated carbocycles. The zero-order chi connectivity index (χ0) is 18.1. The summed E-state index contributed by atoms with van der Waals surface area (Å²) in [7, 11) is 0. The van der Waals surface area contributed by atoms with Crippen LogP contribution in [0.25, 0.3) is 15.8 Å². The number of rotatable bonds is 5. The Bertz CT molecular complexity index is 809. The normalized spacial score (nSPS) is 22.7. The molecule has 0 spiro atoms. The molecule has 0 aromatic carbocycles. The zero-order valence-corrected chi connectivity index (χ0v) is 16.7. The lowest BCUT2D eigenvalue weighted by Gasteiger charge is -2.26. The van der Waals surface area contributed by atoms with Crippen LogP contribution in [0.2, 0.25) is 0 Å². The molecular formula is C20H28N4OS. The van der Waals surface area contributed by atoms with Gasteiger partial charge in [-0.3, -0.25) is 0 Å². The number of fused-ring (bicyclic) bond motifs is 1. The highest BCUT2D eigenvalue weighted by molar-refractivity contribution is 7.18. The van der Waals surface area contributed by atoms with E-state index in [1.54, 1.807) is 17.7 Å². The molecule has 4 heterocycles. The first-order chi connectivity index (χ1) is 12.6. The van der Waals surface area contributed by atoms with Crippen molar-refractivity contribution in [2.75, 3.05) is 25.0 Å². The second-order valence-electron chi connectivity index (χ2n) is 7.71. The van der Waals surface area contributed by atoms with Gasteiger partial charge in [0.05, 0.1) is 22.6 Å². The summed E-state index contributed by atoms with van der Waals surface area (Å²) >= 11 is 1.73. The molecule has 140 valence electrons. The molecule has 2 N–H and O–H groups in total. The van der Waals surface area contributed by atoms with Crippen LogP contribution in [0.1, 0.15) is 45.6 Å². The molecule has 2 aromatic heterocycles. The molecule has 6 heteroatoms. The van der Waals surface area contributed by atoms with Gasteiger partial charge in [-0.05, 0) is 52.1 Å². The Morgan fingerprint density at radius 2 is 2.15 bits per heavy atom. The SMILES string of the molecule is CC1=C(c2csc3c(N[C@@H](C)CC4CCNCC4)ncnc23)C(C)CO1. The molecule has 1 unspecified atom stereocenters. The Balaban J connectivity index is 1.56. The van der Waals surface area contributed by atoms with Gasteiger partial charge in [-0.25, -0.2) is 9.97 Å². The van der Waals surface area contributed by atoms with Gasteiger partial charge in [0.25, 0.3) is 0 Å². The molecule has 2 aliphatic heterocycles. The van der Waals surface area contributed by atoms with E-state index in [0.29, 0.717) is 12.0 Å². The molecule has 2 aromatic rings. The number of piperidine rings is 1. The van der Waals surface area contributed by atoms with Crippen molar-refractivity contribution >= 4 is 32.9 Å². The van der Waals surface area contributed by atoms with Crippen LogP contribution in [0.3, 0.4) is 0 Å². The van der Waals surface area contributed by atoms with Crippen molar-refractivity contribution < 1.29 is 4.74 Å². The summed E-state index contributed by atoms with van der Waals surface area (Å²) < 4.78 is 6.90. The first-order valence-electron chi connectivity index (χ1n) is 9.67. The predicted octanol–water partition coefficient (Wildman–Crippen LogP) is 4.28. The second-order valence-corrected chi connectivity index (χ2v) is 8.59. The summed E-state index contributed by atoms with van der Waals surface area (Å²) in [6.07, 6.45) is 5.44. The van der Waals surface area contributed by atoms with E-state index < -0.39 is 0 Å². The van der Waals surface area contributed by atoms with Crippen molar-refractivity contribution in [1.82, 2.24) is 15.3 Å². The summed E-state index contributed by atoms with van der Waals surface area (Å²) in [5.41, 5.74) is 3.56. The minimum absolute atomic E-state index is 0.413. The first-order valence-corrected chi connectivity index (χ1v) is 10.5. The minimum atomic E-state index is 0.413. The molecule has 0 aliphatic carbocycles. The van der Waals surface area contributed by atoms with Gasteiger partial charge < -0.3 is 15.4 Å². The molecule has 1 fully saturated rings. The molecule has 5 nitrogen and oxygen atoms in total. The molecule has 0 amide bonds. The van der Waals surface area contributed by atoms with Gasteiger partial charge in [0.15, 0.2) is 0 Å². The third kappa shape index (κ3) is 3.45. The number of hydrogen-bond donors (Lipinski definition) is 2. The predicted molar refractivity (Wildman–Crippen MR) is 108 cm³/mol. The van der Waals surface area contributed by atoms with E-state index in [0.717, 1.165) is 47.4 Å². The summed E-state index contributed by atoms with van der Waals surface area (Å²) in [5.74, 6) is 3.22. The summed E-state index contributed by atoms with van der Waals surface area (Å²) in [6, 6.07) is 0.413. The molecule has 1 saturated heterocycles. The number of nitrogens with one attached hydrogen (secondary N) is 2. The van der Waals surface area contributed by atoms with Gasteiger partial charge in [0.2, 0.25) is 0 Å². The number of allylic oxidation sites excluding steroid dienone is 1. The fourth-order valence-corrected chi connectivity index (χ4v) is 5.24. The average molecular weight is 373 g/mol. The number of ether oxygens (including phenoxy) is 1. The van der Waals surface area contributed by atoms with Crippen LogP contribution in [0, 0.1) is 11.8 Å². The van der Waals surface area contributed by atoms with Crippen LogP contribution < -0.4 is 10.6 Å². The smallest absolute Gasteiger partial charge is 0.147 e. The van der Waals surface area contributed by atoms with Crippen LogP contribution >= 0.6 is 11.3 Å². The van der Waals surface area contributed by atoms with Crippen molar-refractivity contribution in [3.63, 3.8) is 0 Å². The Kier molecular flexibility index (Phi) is 5.14. The number of anilines is 1. The van der Waals surface area contributed by atoms with Crippen LogP contribution in [0.4, 0.5) is 5.82 Å². The maximum atomic E-state index is 5.75. The molecule has 0 radical (unpaired) electrons. The highest BCUT2D eigenvalue weighted by Crippen LogP contribution is 2.40. The van der Waals surface area contributed by atoms with Gasteiger partial charge in [0.1, 0.15) is 12.1 Å². The van der Waals surface area contributed by atoms with E-state index in [-0.39, 0.29) is 0 Å². The molecule has 26 heavy (non-hydrogen) atoms. The van der Waals surface area contributed by atoms with Gasteiger partial charge in [-0.2, -0.15) is 0 Å². The molecule has 4 rings (SSSR count). The summed E-state index contributed by atoms with van der Waals surface area (Å²) in [6.45, 7) is 9.61. The maximum absolute atomic E-state index is 5.75. The van der Waals surface area contributed by atoms with E-state index in [2.05, 4.69) is 46.8 Å². The fourth-order valence-electron chi connectivity index (χ4n) is 4.27. The minimum Gasteiger partial charge on any atom is -0.497 e. The van der Waals surface area contributed by atoms with Crippen LogP contribution in [-0.2, 0) is 4.74 Å². The van der Waals surface area contributed by atoms with Gasteiger partial charge in [-0.1, -0.05) is 6.92 Å². The van der Waals surface area contributed by atoms with Gasteiger partial charge >= 0.3 is 0 Å². The molecule has 2 aliphatic rings. The standard InChI is InChI=1S/C20H28N4OS/c1-12-9-25-14(3)17(12)16-10-26-19-18(16)22-11-23-20(19)24-13(2)8-15-4-6-21-7-5-15/h10-13,15,21H,4-9H2,1-3H3,(H,22,23,24)/t12?,13-/m0/s1. The van der Waals surface area contributed by atoms with Crippen molar-refractivity contribution in [3.8, 4) is 0 Å². The Morgan fingerprint density at radius 1 is 1.35 bits per heavy atom. The molecule has 0 bridgehead atoms. The monoisotopic (exact) mass is 372 g/mol. The largest absolute Gasteiger partial charge is 0.497 e. The van der Waals surface area contributed by atoms with Crippen molar-refractivity contribution in [2.24, 2.45) is 11.8 Å². The van der Waals surface area contributed by atoms with Crippen LogP contribution in [-0.4, -0.2) is 35.7 Å². The number of thiophene rings is 1. The lowest BCUT2D eigenvalue weighted by atomic mass is 9.91. The third-order valence-corrected chi connectivity index (χ3v) is 6.57. The van der Waals surface area contributed by atoms with E-state index in [9.17, 15) is 0 Å². The molecular weight excluding hydrogens is 344 g/mol. The first kappa shape index (κ1) is 17.7. The van der Waals surface area contributed by atoms with Crippen molar-refractivity contribution in [2.45, 2.75) is 46.1 Å². The Labute approximate surface area is 159 Å². The van der Waals surface area contributed by atoms with Crippen LogP contribution in [0.5, 0.6) is 0 Å². The Morgan fingerprint density at radius 3 is 2.88 bits per heavy atom. The number of hydrogen-bond acceptors (Lipinski definition) is 6. The lowest BCUT2D eigenvalue weighted by molar-refractivity contribution is 0.225. The Hall–Kier alpha value is -1.66. The summed E-state index contributed by atoms with van der Waals surface area (Å²) in [5, 5.41) is 9.31. The van der Waals surface area contributed by atoms with E-state index in [1.165, 1.54) is 30.4 Å². The highest BCUT2D eigenvalue weighted by Gasteiger charge is 2.26.